The van der Waals surface area contributed by atoms with E-state index in [9.17, 15) is 4.79 Å². The SMILES string of the molecule is CC(C)CNC(=S)NC(=O)COc1ccc(Cl)cc1Cl. The van der Waals surface area contributed by atoms with Crippen LogP contribution < -0.4 is 15.4 Å². The molecule has 0 aliphatic heterocycles. The number of ether oxygens (including phenoxy) is 1. The van der Waals surface area contributed by atoms with Crippen LogP contribution >= 0.6 is 35.4 Å². The molecule has 7 heteroatoms. The van der Waals surface area contributed by atoms with Crippen LogP contribution in [-0.4, -0.2) is 24.2 Å². The van der Waals surface area contributed by atoms with Crippen molar-refractivity contribution < 1.29 is 9.53 Å². The van der Waals surface area contributed by atoms with Crippen molar-refractivity contribution >= 4 is 46.4 Å². The van der Waals surface area contributed by atoms with E-state index in [1.807, 2.05) is 13.8 Å². The van der Waals surface area contributed by atoms with Crippen molar-refractivity contribution in [2.45, 2.75) is 13.8 Å². The van der Waals surface area contributed by atoms with Crippen LogP contribution in [0.1, 0.15) is 13.8 Å². The van der Waals surface area contributed by atoms with Crippen LogP contribution in [0.2, 0.25) is 10.0 Å². The summed E-state index contributed by atoms with van der Waals surface area (Å²) in [6, 6.07) is 4.79. The molecule has 1 rings (SSSR count). The second-order valence-corrected chi connectivity index (χ2v) is 5.77. The average molecular weight is 335 g/mol. The van der Waals surface area contributed by atoms with E-state index >= 15 is 0 Å². The number of halogens is 2. The van der Waals surface area contributed by atoms with Crippen LogP contribution in [0.4, 0.5) is 0 Å². The highest BCUT2D eigenvalue weighted by Crippen LogP contribution is 2.27. The summed E-state index contributed by atoms with van der Waals surface area (Å²) in [7, 11) is 0. The monoisotopic (exact) mass is 334 g/mol. The number of thiocarbonyl (C=S) groups is 1. The van der Waals surface area contributed by atoms with Crippen molar-refractivity contribution in [3.63, 3.8) is 0 Å². The number of carbonyl (C=O) groups is 1. The predicted octanol–water partition coefficient (Wildman–Crippen LogP) is 3.02. The van der Waals surface area contributed by atoms with Crippen LogP contribution in [0.15, 0.2) is 18.2 Å². The van der Waals surface area contributed by atoms with Gasteiger partial charge >= 0.3 is 0 Å². The number of rotatable bonds is 5. The first-order valence-electron chi connectivity index (χ1n) is 6.04. The van der Waals surface area contributed by atoms with Crippen LogP contribution in [0.5, 0.6) is 5.75 Å². The molecule has 1 aromatic rings. The van der Waals surface area contributed by atoms with Crippen LogP contribution in [-0.2, 0) is 4.79 Å². The quantitative estimate of drug-likeness (QED) is 0.812. The molecule has 0 bridgehead atoms. The Morgan fingerprint density at radius 2 is 2.10 bits per heavy atom. The van der Waals surface area contributed by atoms with Crippen LogP contribution in [0, 0.1) is 5.92 Å². The van der Waals surface area contributed by atoms with Gasteiger partial charge in [-0.25, -0.2) is 0 Å². The number of hydrogen-bond acceptors (Lipinski definition) is 3. The molecule has 0 spiro atoms. The summed E-state index contributed by atoms with van der Waals surface area (Å²) in [5.74, 6) is 0.485. The summed E-state index contributed by atoms with van der Waals surface area (Å²) in [6.45, 7) is 4.61. The van der Waals surface area contributed by atoms with Crippen LogP contribution in [0.25, 0.3) is 0 Å². The van der Waals surface area contributed by atoms with Gasteiger partial charge in [-0.1, -0.05) is 37.0 Å². The Balaban J connectivity index is 2.38. The molecular formula is C13H16Cl2N2O2S. The molecular weight excluding hydrogens is 319 g/mol. The lowest BCUT2D eigenvalue weighted by Crippen LogP contribution is -2.42. The zero-order valence-corrected chi connectivity index (χ0v) is 13.5. The molecule has 0 aromatic heterocycles. The fourth-order valence-electron chi connectivity index (χ4n) is 1.24. The molecule has 0 heterocycles. The molecule has 0 saturated carbocycles. The third-order valence-corrected chi connectivity index (χ3v) is 2.95. The lowest BCUT2D eigenvalue weighted by atomic mass is 10.2. The maximum absolute atomic E-state index is 11.6. The number of benzene rings is 1. The van der Waals surface area contributed by atoms with Gasteiger partial charge in [-0.3, -0.25) is 4.79 Å². The largest absolute Gasteiger partial charge is 0.482 e. The van der Waals surface area contributed by atoms with Crippen molar-refractivity contribution in [3.8, 4) is 5.75 Å². The van der Waals surface area contributed by atoms with E-state index < -0.39 is 0 Å². The standard InChI is InChI=1S/C13H16Cl2N2O2S/c1-8(2)6-16-13(20)17-12(18)7-19-11-4-3-9(14)5-10(11)15/h3-5,8H,6-7H2,1-2H3,(H2,16,17,18,20). The Kier molecular flexibility index (Phi) is 7.05. The van der Waals surface area contributed by atoms with Gasteiger partial charge in [0.15, 0.2) is 11.7 Å². The Bertz CT molecular complexity index is 495. The van der Waals surface area contributed by atoms with E-state index in [1.165, 1.54) is 0 Å². The first-order chi connectivity index (χ1) is 9.38. The van der Waals surface area contributed by atoms with Crippen LogP contribution in [0.3, 0.4) is 0 Å². The number of carbonyl (C=O) groups excluding carboxylic acids is 1. The van der Waals surface area contributed by atoms with Gasteiger partial charge in [0.25, 0.3) is 5.91 Å². The summed E-state index contributed by atoms with van der Waals surface area (Å²) in [5.41, 5.74) is 0. The maximum atomic E-state index is 11.6. The number of amides is 1. The van der Waals surface area contributed by atoms with E-state index in [-0.39, 0.29) is 17.6 Å². The second-order valence-electron chi connectivity index (χ2n) is 4.52. The average Bonchev–Trinajstić information content (AvgIpc) is 2.35. The first kappa shape index (κ1) is 17.0. The second kappa shape index (κ2) is 8.29. The summed E-state index contributed by atoms with van der Waals surface area (Å²) in [5, 5.41) is 6.60. The van der Waals surface area contributed by atoms with Crippen molar-refractivity contribution in [1.82, 2.24) is 10.6 Å². The van der Waals surface area contributed by atoms with E-state index in [2.05, 4.69) is 10.6 Å². The third-order valence-electron chi connectivity index (χ3n) is 2.18. The molecule has 20 heavy (non-hydrogen) atoms. The summed E-state index contributed by atoms with van der Waals surface area (Å²) >= 11 is 16.7. The van der Waals surface area contributed by atoms with Gasteiger partial charge in [-0.2, -0.15) is 0 Å². The molecule has 1 aromatic carbocycles. The molecule has 0 radical (unpaired) electrons. The molecule has 0 saturated heterocycles. The van der Waals surface area contributed by atoms with E-state index in [1.54, 1.807) is 18.2 Å². The maximum Gasteiger partial charge on any atom is 0.264 e. The fourth-order valence-corrected chi connectivity index (χ4v) is 1.90. The molecule has 0 aliphatic rings. The minimum Gasteiger partial charge on any atom is -0.482 e. The van der Waals surface area contributed by atoms with Gasteiger partial charge < -0.3 is 15.4 Å². The third kappa shape index (κ3) is 6.41. The van der Waals surface area contributed by atoms with Gasteiger partial charge in [-0.15, -0.1) is 0 Å². The Morgan fingerprint density at radius 1 is 1.40 bits per heavy atom. The normalized spacial score (nSPS) is 10.2. The summed E-state index contributed by atoms with van der Waals surface area (Å²) in [4.78, 5) is 11.6. The van der Waals surface area contributed by atoms with E-state index in [0.717, 1.165) is 0 Å². The highest BCUT2D eigenvalue weighted by atomic mass is 35.5. The molecule has 2 N–H and O–H groups in total. The highest BCUT2D eigenvalue weighted by Gasteiger charge is 2.08. The fraction of sp³-hybridized carbons (Fsp3) is 0.385. The van der Waals surface area contributed by atoms with Gasteiger partial charge in [-0.05, 0) is 36.3 Å². The first-order valence-corrected chi connectivity index (χ1v) is 7.20. The van der Waals surface area contributed by atoms with Crippen molar-refractivity contribution in [2.75, 3.05) is 13.2 Å². The molecule has 1 amide bonds. The number of nitrogens with one attached hydrogen (secondary N) is 2. The minimum absolute atomic E-state index is 0.176. The highest BCUT2D eigenvalue weighted by molar-refractivity contribution is 7.80. The van der Waals surface area contributed by atoms with E-state index in [0.29, 0.717) is 28.3 Å². The van der Waals surface area contributed by atoms with Gasteiger partial charge in [0.05, 0.1) is 5.02 Å². The van der Waals surface area contributed by atoms with Crippen molar-refractivity contribution in [2.24, 2.45) is 5.92 Å². The van der Waals surface area contributed by atoms with Crippen molar-refractivity contribution in [3.05, 3.63) is 28.2 Å². The van der Waals surface area contributed by atoms with Gasteiger partial charge in [0.2, 0.25) is 0 Å². The van der Waals surface area contributed by atoms with E-state index in [4.69, 9.17) is 40.2 Å². The Labute approximate surface area is 133 Å². The lowest BCUT2D eigenvalue weighted by Gasteiger charge is -2.12. The smallest absolute Gasteiger partial charge is 0.264 e. The minimum atomic E-state index is -0.350. The number of hydrogen-bond donors (Lipinski definition) is 2. The zero-order chi connectivity index (χ0) is 15.1. The molecule has 0 unspecified atom stereocenters. The zero-order valence-electron chi connectivity index (χ0n) is 11.2. The summed E-state index contributed by atoms with van der Waals surface area (Å²) < 4.78 is 5.29. The molecule has 0 aliphatic carbocycles. The Morgan fingerprint density at radius 3 is 2.70 bits per heavy atom. The van der Waals surface area contributed by atoms with Gasteiger partial charge in [0, 0.05) is 11.6 Å². The molecule has 110 valence electrons. The Hall–Kier alpha value is -1.04. The molecule has 0 fully saturated rings. The lowest BCUT2D eigenvalue weighted by molar-refractivity contribution is -0.121. The molecule has 0 atom stereocenters. The van der Waals surface area contributed by atoms with Gasteiger partial charge in [0.1, 0.15) is 5.75 Å². The summed E-state index contributed by atoms with van der Waals surface area (Å²) in [6.07, 6.45) is 0. The topological polar surface area (TPSA) is 50.4 Å². The predicted molar refractivity (Wildman–Crippen MR) is 85.5 cm³/mol. The molecule has 4 nitrogen and oxygen atoms in total. The van der Waals surface area contributed by atoms with Crippen molar-refractivity contribution in [1.29, 1.82) is 0 Å².